The largest absolute Gasteiger partial charge is 0.465 e. The van der Waals surface area contributed by atoms with Gasteiger partial charge in [-0.05, 0) is 43.5 Å². The number of halogens is 1. The van der Waals surface area contributed by atoms with Gasteiger partial charge in [0.1, 0.15) is 5.82 Å². The van der Waals surface area contributed by atoms with Gasteiger partial charge < -0.3 is 14.9 Å². The summed E-state index contributed by atoms with van der Waals surface area (Å²) in [5, 5.41) is 9.68. The van der Waals surface area contributed by atoms with Crippen LogP contribution in [-0.2, 0) is 4.79 Å². The molecule has 7 nitrogen and oxygen atoms in total. The fourth-order valence-corrected chi connectivity index (χ4v) is 4.54. The van der Waals surface area contributed by atoms with Crippen LogP contribution in [0.4, 0.5) is 22.0 Å². The van der Waals surface area contributed by atoms with E-state index in [1.165, 1.54) is 7.05 Å². The number of nitrogens with zero attached hydrogens (tertiary/aromatic N) is 4. The number of pyridine rings is 1. The smallest absolute Gasteiger partial charge is 0.411 e. The highest BCUT2D eigenvalue weighted by Crippen LogP contribution is 2.43. The Morgan fingerprint density at radius 3 is 2.69 bits per heavy atom. The summed E-state index contributed by atoms with van der Waals surface area (Å²) in [6.07, 6.45) is 3.06. The van der Waals surface area contributed by atoms with Gasteiger partial charge in [0.25, 0.3) is 0 Å². The van der Waals surface area contributed by atoms with E-state index in [1.54, 1.807) is 12.3 Å². The van der Waals surface area contributed by atoms with Crippen molar-refractivity contribution >= 4 is 40.8 Å². The van der Waals surface area contributed by atoms with E-state index in [2.05, 4.69) is 9.88 Å². The summed E-state index contributed by atoms with van der Waals surface area (Å²) in [7, 11) is 1.48. The molecule has 3 heterocycles. The van der Waals surface area contributed by atoms with Crippen LogP contribution >= 0.6 is 11.6 Å². The Bertz CT molecular complexity index is 936. The second kappa shape index (κ2) is 7.55. The van der Waals surface area contributed by atoms with Crippen LogP contribution in [0.5, 0.6) is 0 Å². The fraction of sp³-hybridized carbons (Fsp3) is 0.381. The van der Waals surface area contributed by atoms with Crippen LogP contribution in [-0.4, -0.2) is 48.8 Å². The molecule has 4 rings (SSSR count). The van der Waals surface area contributed by atoms with Crippen molar-refractivity contribution < 1.29 is 14.7 Å². The number of piperidine rings is 1. The standard InChI is InChI=1S/C21H23ClN4O3/c1-24(20(28)29)15-7-8-18(23-13-15)25-11-4-9-21(14-25)10-12-26(19(21)27)17-6-3-2-5-16(17)22/h2-3,5-8,13H,4,9-12,14H2,1H3,(H,28,29)/t21-/m0/s1. The molecule has 29 heavy (non-hydrogen) atoms. The molecule has 0 radical (unpaired) electrons. The maximum atomic E-state index is 13.4. The van der Waals surface area contributed by atoms with Gasteiger partial charge in [0.2, 0.25) is 5.91 Å². The Hall–Kier alpha value is -2.80. The molecule has 1 aromatic heterocycles. The Labute approximate surface area is 174 Å². The third-order valence-electron chi connectivity index (χ3n) is 5.96. The number of hydrogen-bond donors (Lipinski definition) is 1. The molecule has 152 valence electrons. The summed E-state index contributed by atoms with van der Waals surface area (Å²) in [5.41, 5.74) is 0.845. The van der Waals surface area contributed by atoms with Crippen molar-refractivity contribution in [3.8, 4) is 0 Å². The minimum atomic E-state index is -1.03. The van der Waals surface area contributed by atoms with Crippen molar-refractivity contribution in [3.63, 3.8) is 0 Å². The molecule has 1 atom stereocenters. The molecule has 0 unspecified atom stereocenters. The fourth-order valence-electron chi connectivity index (χ4n) is 4.30. The molecular formula is C21H23ClN4O3. The molecule has 0 bridgehead atoms. The third-order valence-corrected chi connectivity index (χ3v) is 6.28. The molecule has 1 spiro atoms. The topological polar surface area (TPSA) is 77.0 Å². The lowest BCUT2D eigenvalue weighted by atomic mass is 9.78. The zero-order valence-corrected chi connectivity index (χ0v) is 17.0. The van der Waals surface area contributed by atoms with Crippen molar-refractivity contribution in [2.24, 2.45) is 5.41 Å². The molecule has 2 aliphatic heterocycles. The zero-order valence-electron chi connectivity index (χ0n) is 16.2. The summed E-state index contributed by atoms with van der Waals surface area (Å²) in [5.74, 6) is 0.883. The number of carboxylic acid groups (broad SMARTS) is 1. The van der Waals surface area contributed by atoms with Crippen molar-refractivity contribution in [1.82, 2.24) is 4.98 Å². The lowest BCUT2D eigenvalue weighted by Crippen LogP contribution is -2.48. The van der Waals surface area contributed by atoms with Crippen LogP contribution < -0.4 is 14.7 Å². The van der Waals surface area contributed by atoms with E-state index >= 15 is 0 Å². The predicted octanol–water partition coefficient (Wildman–Crippen LogP) is 3.87. The van der Waals surface area contributed by atoms with Crippen molar-refractivity contribution in [3.05, 3.63) is 47.6 Å². The van der Waals surface area contributed by atoms with Gasteiger partial charge >= 0.3 is 6.09 Å². The molecule has 2 fully saturated rings. The van der Waals surface area contributed by atoms with Crippen LogP contribution in [0.2, 0.25) is 5.02 Å². The Morgan fingerprint density at radius 1 is 1.21 bits per heavy atom. The SMILES string of the molecule is CN(C(=O)O)c1ccc(N2CCC[C@]3(CCN(c4ccccc4Cl)C3=O)C2)nc1. The number of carbonyl (C=O) groups is 2. The number of amides is 2. The van der Waals surface area contributed by atoms with Gasteiger partial charge in [0.15, 0.2) is 0 Å². The molecule has 1 aromatic carbocycles. The highest BCUT2D eigenvalue weighted by Gasteiger charge is 2.49. The van der Waals surface area contributed by atoms with Crippen LogP contribution in [0, 0.1) is 5.41 Å². The molecule has 2 amide bonds. The second-order valence-electron chi connectivity index (χ2n) is 7.68. The number of rotatable bonds is 3. The maximum Gasteiger partial charge on any atom is 0.411 e. The molecule has 0 saturated carbocycles. The summed E-state index contributed by atoms with van der Waals surface area (Å²) in [6, 6.07) is 11.0. The van der Waals surface area contributed by atoms with E-state index in [-0.39, 0.29) is 5.91 Å². The van der Waals surface area contributed by atoms with E-state index in [0.717, 1.165) is 42.2 Å². The Morgan fingerprint density at radius 2 is 2.00 bits per heavy atom. The van der Waals surface area contributed by atoms with Crippen LogP contribution in [0.3, 0.4) is 0 Å². The minimum Gasteiger partial charge on any atom is -0.465 e. The van der Waals surface area contributed by atoms with Gasteiger partial charge in [-0.25, -0.2) is 9.78 Å². The lowest BCUT2D eigenvalue weighted by molar-refractivity contribution is -0.126. The van der Waals surface area contributed by atoms with Crippen LogP contribution in [0.1, 0.15) is 19.3 Å². The first kappa shape index (κ1) is 19.5. The quantitative estimate of drug-likeness (QED) is 0.824. The average Bonchev–Trinajstić information content (AvgIpc) is 3.03. The van der Waals surface area contributed by atoms with Crippen LogP contribution in [0.25, 0.3) is 0 Å². The van der Waals surface area contributed by atoms with Gasteiger partial charge in [0, 0.05) is 26.7 Å². The van der Waals surface area contributed by atoms with E-state index in [4.69, 9.17) is 16.7 Å². The summed E-state index contributed by atoms with van der Waals surface area (Å²) < 4.78 is 0. The highest BCUT2D eigenvalue weighted by atomic mass is 35.5. The number of benzene rings is 1. The Balaban J connectivity index is 1.53. The maximum absolute atomic E-state index is 13.4. The molecule has 1 N–H and O–H groups in total. The average molecular weight is 415 g/mol. The minimum absolute atomic E-state index is 0.123. The zero-order chi connectivity index (χ0) is 20.6. The number of anilines is 3. The Kier molecular flexibility index (Phi) is 5.08. The lowest BCUT2D eigenvalue weighted by Gasteiger charge is -2.39. The molecule has 2 saturated heterocycles. The molecule has 0 aliphatic carbocycles. The second-order valence-corrected chi connectivity index (χ2v) is 8.09. The number of hydrogen-bond acceptors (Lipinski definition) is 4. The van der Waals surface area contributed by atoms with Crippen molar-refractivity contribution in [2.75, 3.05) is 41.4 Å². The summed E-state index contributed by atoms with van der Waals surface area (Å²) in [6.45, 7) is 2.09. The number of para-hydroxylation sites is 1. The molecule has 8 heteroatoms. The highest BCUT2D eigenvalue weighted by molar-refractivity contribution is 6.34. The van der Waals surface area contributed by atoms with Gasteiger partial charge in [-0.2, -0.15) is 0 Å². The van der Waals surface area contributed by atoms with E-state index < -0.39 is 11.5 Å². The number of aromatic nitrogens is 1. The van der Waals surface area contributed by atoms with E-state index in [1.807, 2.05) is 35.2 Å². The predicted molar refractivity (Wildman–Crippen MR) is 113 cm³/mol. The van der Waals surface area contributed by atoms with E-state index in [9.17, 15) is 9.59 Å². The van der Waals surface area contributed by atoms with Gasteiger partial charge in [-0.15, -0.1) is 0 Å². The van der Waals surface area contributed by atoms with Gasteiger partial charge in [0.05, 0.1) is 28.0 Å². The summed E-state index contributed by atoms with van der Waals surface area (Å²) >= 11 is 6.32. The molecule has 2 aliphatic rings. The monoisotopic (exact) mass is 414 g/mol. The first-order valence-corrected chi connectivity index (χ1v) is 10.0. The first-order chi connectivity index (χ1) is 13.9. The van der Waals surface area contributed by atoms with Crippen molar-refractivity contribution in [2.45, 2.75) is 19.3 Å². The molecule has 2 aromatic rings. The first-order valence-electron chi connectivity index (χ1n) is 9.65. The van der Waals surface area contributed by atoms with Gasteiger partial charge in [-0.3, -0.25) is 9.69 Å². The number of carbonyl (C=O) groups excluding carboxylic acids is 1. The summed E-state index contributed by atoms with van der Waals surface area (Å²) in [4.78, 5) is 34.0. The van der Waals surface area contributed by atoms with Crippen LogP contribution in [0.15, 0.2) is 42.6 Å². The normalized spacial score (nSPS) is 21.7. The van der Waals surface area contributed by atoms with E-state index in [0.29, 0.717) is 23.8 Å². The molecular weight excluding hydrogens is 392 g/mol. The van der Waals surface area contributed by atoms with Crippen molar-refractivity contribution in [1.29, 1.82) is 0 Å². The third kappa shape index (κ3) is 3.51. The van der Waals surface area contributed by atoms with Gasteiger partial charge in [-0.1, -0.05) is 23.7 Å².